The van der Waals surface area contributed by atoms with Crippen LogP contribution in [0.2, 0.25) is 0 Å². The predicted octanol–water partition coefficient (Wildman–Crippen LogP) is 3.20. The van der Waals surface area contributed by atoms with Gasteiger partial charge in [0.2, 0.25) is 0 Å². The van der Waals surface area contributed by atoms with Gasteiger partial charge in [-0.25, -0.2) is 0 Å². The molecule has 1 atom stereocenters. The van der Waals surface area contributed by atoms with Gasteiger partial charge in [0.15, 0.2) is 0 Å². The molecule has 0 aromatic heterocycles. The van der Waals surface area contributed by atoms with E-state index in [4.69, 9.17) is 0 Å². The summed E-state index contributed by atoms with van der Waals surface area (Å²) in [5.74, 6) is 0. The van der Waals surface area contributed by atoms with Gasteiger partial charge in [-0.1, -0.05) is 12.1 Å². The quantitative estimate of drug-likeness (QED) is 0.772. The molecule has 0 amide bonds. The van der Waals surface area contributed by atoms with Crippen molar-refractivity contribution < 1.29 is 13.2 Å². The number of alkyl halides is 3. The molecule has 1 rings (SSSR count). The van der Waals surface area contributed by atoms with E-state index >= 15 is 0 Å². The molecule has 0 saturated heterocycles. The summed E-state index contributed by atoms with van der Waals surface area (Å²) < 4.78 is 36.9. The first-order valence-electron chi connectivity index (χ1n) is 5.13. The highest BCUT2D eigenvalue weighted by atomic mass is 19.4. The Morgan fingerprint density at radius 2 is 1.62 bits per heavy atom. The summed E-state index contributed by atoms with van der Waals surface area (Å²) in [6, 6.07) is 5.68. The van der Waals surface area contributed by atoms with Crippen LogP contribution in [0.15, 0.2) is 24.3 Å². The zero-order valence-electron chi connectivity index (χ0n) is 9.67. The minimum Gasteiger partial charge on any atom is -0.306 e. The van der Waals surface area contributed by atoms with Crippen LogP contribution >= 0.6 is 0 Å². The molecule has 0 aliphatic rings. The van der Waals surface area contributed by atoms with E-state index < -0.39 is 11.7 Å². The maximum absolute atomic E-state index is 12.3. The van der Waals surface area contributed by atoms with Gasteiger partial charge < -0.3 is 4.90 Å². The van der Waals surface area contributed by atoms with Crippen LogP contribution < -0.4 is 0 Å². The highest BCUT2D eigenvalue weighted by Gasteiger charge is 2.29. The third-order valence-electron chi connectivity index (χ3n) is 2.69. The van der Waals surface area contributed by atoms with Crippen molar-refractivity contribution in [1.29, 1.82) is 0 Å². The zero-order chi connectivity index (χ0) is 12.3. The number of halogens is 3. The number of hydrogen-bond donors (Lipinski definition) is 0. The number of nitrogens with zero attached hydrogens (tertiary/aromatic N) is 1. The summed E-state index contributed by atoms with van der Waals surface area (Å²) in [6.45, 7) is 2.04. The Bertz CT molecular complexity index is 327. The fourth-order valence-electron chi connectivity index (χ4n) is 1.35. The standard InChI is InChI=1S/C12H16F3N/c1-9(16(2)3)8-10-4-6-11(7-5-10)12(13,14)15/h4-7,9H,8H2,1-3H3. The van der Waals surface area contributed by atoms with Crippen LogP contribution in [0.5, 0.6) is 0 Å². The first kappa shape index (κ1) is 13.0. The average molecular weight is 231 g/mol. The lowest BCUT2D eigenvalue weighted by Gasteiger charge is -2.19. The lowest BCUT2D eigenvalue weighted by molar-refractivity contribution is -0.137. The smallest absolute Gasteiger partial charge is 0.306 e. The van der Waals surface area contributed by atoms with Crippen molar-refractivity contribution in [2.45, 2.75) is 25.6 Å². The Balaban J connectivity index is 2.72. The fraction of sp³-hybridized carbons (Fsp3) is 0.500. The van der Waals surface area contributed by atoms with Gasteiger partial charge in [-0.15, -0.1) is 0 Å². The van der Waals surface area contributed by atoms with Gasteiger partial charge in [0.05, 0.1) is 5.56 Å². The second-order valence-corrected chi connectivity index (χ2v) is 4.21. The Kier molecular flexibility index (Phi) is 3.97. The van der Waals surface area contributed by atoms with Crippen LogP contribution in [0.25, 0.3) is 0 Å². The van der Waals surface area contributed by atoms with Gasteiger partial charge in [0.1, 0.15) is 0 Å². The lowest BCUT2D eigenvalue weighted by Crippen LogP contribution is -2.26. The second-order valence-electron chi connectivity index (χ2n) is 4.21. The summed E-state index contributed by atoms with van der Waals surface area (Å²) in [4.78, 5) is 2.04. The van der Waals surface area contributed by atoms with Crippen molar-refractivity contribution in [2.75, 3.05) is 14.1 Å². The van der Waals surface area contributed by atoms with Crippen LogP contribution in [0, 0.1) is 0 Å². The van der Waals surface area contributed by atoms with Crippen LogP contribution in [0.4, 0.5) is 13.2 Å². The van der Waals surface area contributed by atoms with Crippen LogP contribution in [-0.4, -0.2) is 25.0 Å². The molecule has 0 spiro atoms. The van der Waals surface area contributed by atoms with Gasteiger partial charge in [-0.05, 0) is 45.1 Å². The van der Waals surface area contributed by atoms with Gasteiger partial charge in [-0.2, -0.15) is 13.2 Å². The van der Waals surface area contributed by atoms with E-state index in [0.29, 0.717) is 6.04 Å². The molecular weight excluding hydrogens is 215 g/mol. The number of benzene rings is 1. The van der Waals surface area contributed by atoms with E-state index in [0.717, 1.165) is 24.1 Å². The number of hydrogen-bond acceptors (Lipinski definition) is 1. The summed E-state index contributed by atoms with van der Waals surface area (Å²) in [5.41, 5.74) is 0.336. The number of likely N-dealkylation sites (N-methyl/N-ethyl adjacent to an activating group) is 1. The lowest BCUT2D eigenvalue weighted by atomic mass is 10.0. The van der Waals surface area contributed by atoms with E-state index in [2.05, 4.69) is 0 Å². The van der Waals surface area contributed by atoms with Crippen LogP contribution in [0.1, 0.15) is 18.1 Å². The molecule has 1 unspecified atom stereocenters. The highest BCUT2D eigenvalue weighted by Crippen LogP contribution is 2.29. The maximum atomic E-state index is 12.3. The molecule has 0 saturated carbocycles. The second kappa shape index (κ2) is 4.87. The highest BCUT2D eigenvalue weighted by molar-refractivity contribution is 5.25. The van der Waals surface area contributed by atoms with E-state index in [1.807, 2.05) is 25.9 Å². The molecule has 0 aliphatic heterocycles. The Hall–Kier alpha value is -1.03. The van der Waals surface area contributed by atoms with Crippen LogP contribution in [0.3, 0.4) is 0 Å². The Morgan fingerprint density at radius 1 is 1.12 bits per heavy atom. The predicted molar refractivity (Wildman–Crippen MR) is 58.3 cm³/mol. The number of rotatable bonds is 3. The van der Waals surface area contributed by atoms with E-state index in [-0.39, 0.29) is 0 Å². The van der Waals surface area contributed by atoms with Crippen molar-refractivity contribution in [1.82, 2.24) is 4.90 Å². The molecule has 0 heterocycles. The van der Waals surface area contributed by atoms with E-state index in [1.165, 1.54) is 0 Å². The van der Waals surface area contributed by atoms with Crippen molar-refractivity contribution in [2.24, 2.45) is 0 Å². The van der Waals surface area contributed by atoms with Gasteiger partial charge in [0.25, 0.3) is 0 Å². The van der Waals surface area contributed by atoms with Crippen molar-refractivity contribution in [3.05, 3.63) is 35.4 Å². The fourth-order valence-corrected chi connectivity index (χ4v) is 1.35. The molecule has 90 valence electrons. The zero-order valence-corrected chi connectivity index (χ0v) is 9.67. The van der Waals surface area contributed by atoms with Gasteiger partial charge in [-0.3, -0.25) is 0 Å². The molecular formula is C12H16F3N. The first-order chi connectivity index (χ1) is 7.30. The third-order valence-corrected chi connectivity index (χ3v) is 2.69. The van der Waals surface area contributed by atoms with Gasteiger partial charge >= 0.3 is 6.18 Å². The summed E-state index contributed by atoms with van der Waals surface area (Å²) in [6.07, 6.45) is -3.49. The minimum absolute atomic E-state index is 0.316. The van der Waals surface area contributed by atoms with E-state index in [1.54, 1.807) is 12.1 Å². The molecule has 0 radical (unpaired) electrons. The topological polar surface area (TPSA) is 3.24 Å². The molecule has 0 fully saturated rings. The third kappa shape index (κ3) is 3.52. The average Bonchev–Trinajstić information content (AvgIpc) is 2.17. The summed E-state index contributed by atoms with van der Waals surface area (Å²) >= 11 is 0. The Morgan fingerprint density at radius 3 is 2.00 bits per heavy atom. The summed E-state index contributed by atoms with van der Waals surface area (Å²) in [5, 5.41) is 0. The van der Waals surface area contributed by atoms with Crippen LogP contribution in [-0.2, 0) is 12.6 Å². The van der Waals surface area contributed by atoms with E-state index in [9.17, 15) is 13.2 Å². The van der Waals surface area contributed by atoms with Gasteiger partial charge in [0, 0.05) is 6.04 Å². The molecule has 1 aromatic carbocycles. The first-order valence-corrected chi connectivity index (χ1v) is 5.13. The minimum atomic E-state index is -4.24. The molecule has 0 N–H and O–H groups in total. The molecule has 1 aromatic rings. The molecule has 16 heavy (non-hydrogen) atoms. The summed E-state index contributed by atoms with van der Waals surface area (Å²) in [7, 11) is 3.91. The van der Waals surface area contributed by atoms with Crippen molar-refractivity contribution in [3.8, 4) is 0 Å². The van der Waals surface area contributed by atoms with Crippen molar-refractivity contribution >= 4 is 0 Å². The monoisotopic (exact) mass is 231 g/mol. The molecule has 4 heteroatoms. The largest absolute Gasteiger partial charge is 0.416 e. The normalized spacial score (nSPS) is 14.2. The van der Waals surface area contributed by atoms with Crippen molar-refractivity contribution in [3.63, 3.8) is 0 Å². The Labute approximate surface area is 93.9 Å². The SMILES string of the molecule is CC(Cc1ccc(C(F)(F)F)cc1)N(C)C. The maximum Gasteiger partial charge on any atom is 0.416 e. The molecule has 1 nitrogen and oxygen atoms in total. The molecule has 0 aliphatic carbocycles. The molecule has 0 bridgehead atoms.